The number of ether oxygens (including phenoxy) is 2. The van der Waals surface area contributed by atoms with E-state index in [9.17, 15) is 14.4 Å². The Labute approximate surface area is 179 Å². The second-order valence-electron chi connectivity index (χ2n) is 7.03. The monoisotopic (exact) mass is 431 g/mol. The first-order chi connectivity index (χ1) is 14.0. The van der Waals surface area contributed by atoms with Gasteiger partial charge in [-0.05, 0) is 49.2 Å². The van der Waals surface area contributed by atoms with Crippen molar-refractivity contribution in [2.24, 2.45) is 0 Å². The van der Waals surface area contributed by atoms with E-state index in [1.165, 1.54) is 30.2 Å². The lowest BCUT2D eigenvalue weighted by atomic mass is 10.1. The van der Waals surface area contributed by atoms with Crippen LogP contribution in [0.1, 0.15) is 43.9 Å². The first-order valence-electron chi connectivity index (χ1n) is 9.34. The van der Waals surface area contributed by atoms with E-state index in [-0.39, 0.29) is 42.1 Å². The maximum Gasteiger partial charge on any atom is 0.261 e. The molecule has 0 bridgehead atoms. The maximum absolute atomic E-state index is 12.7. The van der Waals surface area contributed by atoms with Crippen molar-refractivity contribution in [1.29, 1.82) is 0 Å². The van der Waals surface area contributed by atoms with Crippen LogP contribution in [0.2, 0.25) is 0 Å². The van der Waals surface area contributed by atoms with Gasteiger partial charge in [0.15, 0.2) is 0 Å². The van der Waals surface area contributed by atoms with Gasteiger partial charge in [-0.25, -0.2) is 0 Å². The summed E-state index contributed by atoms with van der Waals surface area (Å²) in [5, 5.41) is 2.73. The summed E-state index contributed by atoms with van der Waals surface area (Å²) in [5.41, 5.74) is 7.56. The van der Waals surface area contributed by atoms with Gasteiger partial charge in [-0.2, -0.15) is 0 Å². The van der Waals surface area contributed by atoms with Crippen LogP contribution in [0.15, 0.2) is 36.4 Å². The molecular formula is C21H22ClN3O5. The van der Waals surface area contributed by atoms with E-state index in [0.29, 0.717) is 29.3 Å². The fourth-order valence-electron chi connectivity index (χ4n) is 3.61. The number of benzene rings is 2. The topological polar surface area (TPSA) is 111 Å². The zero-order valence-electron chi connectivity index (χ0n) is 16.3. The number of rotatable bonds is 5. The van der Waals surface area contributed by atoms with E-state index < -0.39 is 11.8 Å². The number of hydrogen-bond donors (Lipinski definition) is 2. The molecule has 9 heteroatoms. The van der Waals surface area contributed by atoms with Gasteiger partial charge < -0.3 is 20.5 Å². The molecule has 1 saturated heterocycles. The van der Waals surface area contributed by atoms with Crippen LogP contribution >= 0.6 is 12.4 Å². The molecule has 2 heterocycles. The summed E-state index contributed by atoms with van der Waals surface area (Å²) in [6.45, 7) is 0.882. The molecule has 1 atom stereocenters. The Morgan fingerprint density at radius 3 is 2.63 bits per heavy atom. The third-order valence-corrected chi connectivity index (χ3v) is 5.13. The van der Waals surface area contributed by atoms with Crippen LogP contribution in [-0.4, -0.2) is 49.0 Å². The molecule has 2 aromatic carbocycles. The predicted molar refractivity (Wildman–Crippen MR) is 113 cm³/mol. The number of nitrogens with two attached hydrogens (primary N) is 1. The number of imide groups is 1. The van der Waals surface area contributed by atoms with Crippen LogP contribution in [0.4, 0.5) is 11.4 Å². The molecule has 0 aromatic heterocycles. The number of nitrogen functional groups attached to an aromatic ring is 1. The number of fused-ring (bicyclic) bond motifs is 1. The van der Waals surface area contributed by atoms with Gasteiger partial charge in [-0.1, -0.05) is 0 Å². The van der Waals surface area contributed by atoms with Gasteiger partial charge in [0, 0.05) is 17.9 Å². The number of carbonyl (C=O) groups excluding carboxylic acids is 3. The maximum atomic E-state index is 12.7. The molecule has 158 valence electrons. The Morgan fingerprint density at radius 2 is 1.97 bits per heavy atom. The molecule has 8 nitrogen and oxygen atoms in total. The summed E-state index contributed by atoms with van der Waals surface area (Å²) in [5.74, 6) is -0.648. The normalized spacial score (nSPS) is 17.5. The first-order valence-corrected chi connectivity index (χ1v) is 9.34. The highest BCUT2D eigenvalue weighted by Gasteiger charge is 2.37. The molecule has 1 fully saturated rings. The van der Waals surface area contributed by atoms with Gasteiger partial charge in [-0.3, -0.25) is 19.3 Å². The van der Waals surface area contributed by atoms with Crippen molar-refractivity contribution in [2.45, 2.75) is 18.9 Å². The van der Waals surface area contributed by atoms with Gasteiger partial charge in [0.05, 0.1) is 36.6 Å². The molecule has 0 aliphatic carbocycles. The van der Waals surface area contributed by atoms with Gasteiger partial charge in [0.25, 0.3) is 17.7 Å². The van der Waals surface area contributed by atoms with Gasteiger partial charge in [0.2, 0.25) is 0 Å². The predicted octanol–water partition coefficient (Wildman–Crippen LogP) is 2.73. The van der Waals surface area contributed by atoms with Crippen LogP contribution in [0.5, 0.6) is 5.75 Å². The van der Waals surface area contributed by atoms with Gasteiger partial charge in [-0.15, -0.1) is 12.4 Å². The minimum absolute atomic E-state index is 0. The van der Waals surface area contributed by atoms with Gasteiger partial charge in [0.1, 0.15) is 5.75 Å². The van der Waals surface area contributed by atoms with E-state index in [4.69, 9.17) is 15.2 Å². The van der Waals surface area contributed by atoms with E-state index in [1.807, 2.05) is 0 Å². The number of carbonyl (C=O) groups is 3. The highest BCUT2D eigenvalue weighted by atomic mass is 35.5. The third kappa shape index (κ3) is 3.96. The summed E-state index contributed by atoms with van der Waals surface area (Å²) in [6, 6.07) is 9.40. The molecule has 0 spiro atoms. The Kier molecular flexibility index (Phi) is 6.28. The van der Waals surface area contributed by atoms with Crippen molar-refractivity contribution in [2.75, 3.05) is 31.3 Å². The van der Waals surface area contributed by atoms with Crippen LogP contribution in [0, 0.1) is 0 Å². The molecule has 4 rings (SSSR count). The first kappa shape index (κ1) is 21.6. The molecule has 2 aliphatic heterocycles. The molecule has 30 heavy (non-hydrogen) atoms. The highest BCUT2D eigenvalue weighted by molar-refractivity contribution is 6.22. The van der Waals surface area contributed by atoms with E-state index in [0.717, 1.165) is 12.8 Å². The number of amides is 3. The lowest BCUT2D eigenvalue weighted by Gasteiger charge is -2.17. The van der Waals surface area contributed by atoms with Crippen LogP contribution in [-0.2, 0) is 4.74 Å². The smallest absolute Gasteiger partial charge is 0.261 e. The summed E-state index contributed by atoms with van der Waals surface area (Å²) in [4.78, 5) is 39.1. The number of methoxy groups -OCH3 is 1. The van der Waals surface area contributed by atoms with E-state index in [2.05, 4.69) is 5.32 Å². The van der Waals surface area contributed by atoms with Crippen molar-refractivity contribution in [1.82, 2.24) is 4.90 Å². The third-order valence-electron chi connectivity index (χ3n) is 5.13. The minimum Gasteiger partial charge on any atom is -0.495 e. The SMILES string of the molecule is COc1ccc(NC(=O)c2ccc3c(c2)C(=O)N(CC2CCCO2)C3=O)cc1N.Cl. The average molecular weight is 432 g/mol. The van der Waals surface area contributed by atoms with Crippen LogP contribution in [0.25, 0.3) is 0 Å². The zero-order valence-corrected chi connectivity index (χ0v) is 17.2. The molecule has 0 radical (unpaired) electrons. The summed E-state index contributed by atoms with van der Waals surface area (Å²) in [6.07, 6.45) is 1.63. The number of anilines is 2. The number of nitrogens with one attached hydrogen (secondary N) is 1. The molecule has 3 amide bonds. The largest absolute Gasteiger partial charge is 0.495 e. The molecule has 0 saturated carbocycles. The van der Waals surface area contributed by atoms with Crippen molar-refractivity contribution in [3.8, 4) is 5.75 Å². The van der Waals surface area contributed by atoms with Gasteiger partial charge >= 0.3 is 0 Å². The minimum atomic E-state index is -0.407. The Balaban J connectivity index is 0.00000256. The van der Waals surface area contributed by atoms with Crippen LogP contribution < -0.4 is 15.8 Å². The molecule has 2 aliphatic rings. The van der Waals surface area contributed by atoms with Crippen molar-refractivity contribution in [3.05, 3.63) is 53.1 Å². The quantitative estimate of drug-likeness (QED) is 0.556. The average Bonchev–Trinajstić information content (AvgIpc) is 3.31. The number of nitrogens with zero attached hydrogens (tertiary/aromatic N) is 1. The summed E-state index contributed by atoms with van der Waals surface area (Å²) >= 11 is 0. The Morgan fingerprint density at radius 1 is 1.20 bits per heavy atom. The highest BCUT2D eigenvalue weighted by Crippen LogP contribution is 2.27. The second-order valence-corrected chi connectivity index (χ2v) is 7.03. The fraction of sp³-hybridized carbons (Fsp3) is 0.286. The molecule has 1 unspecified atom stereocenters. The second kappa shape index (κ2) is 8.73. The Hall–Kier alpha value is -3.10. The van der Waals surface area contributed by atoms with E-state index >= 15 is 0 Å². The zero-order chi connectivity index (χ0) is 20.5. The number of hydrogen-bond acceptors (Lipinski definition) is 6. The lowest BCUT2D eigenvalue weighted by Crippen LogP contribution is -2.36. The number of halogens is 1. The molecular weight excluding hydrogens is 410 g/mol. The lowest BCUT2D eigenvalue weighted by molar-refractivity contribution is 0.0475. The summed E-state index contributed by atoms with van der Waals surface area (Å²) in [7, 11) is 1.51. The Bertz CT molecular complexity index is 1000. The van der Waals surface area contributed by atoms with Crippen molar-refractivity contribution < 1.29 is 23.9 Å². The fourth-order valence-corrected chi connectivity index (χ4v) is 3.61. The molecule has 2 aromatic rings. The summed E-state index contributed by atoms with van der Waals surface area (Å²) < 4.78 is 10.6. The van der Waals surface area contributed by atoms with Crippen LogP contribution in [0.3, 0.4) is 0 Å². The van der Waals surface area contributed by atoms with Crippen molar-refractivity contribution in [3.63, 3.8) is 0 Å². The van der Waals surface area contributed by atoms with E-state index in [1.54, 1.807) is 18.2 Å². The van der Waals surface area contributed by atoms with Crippen molar-refractivity contribution >= 4 is 41.5 Å². The molecule has 3 N–H and O–H groups in total. The standard InChI is InChI=1S/C21H21N3O5.ClH/c1-28-18-7-5-13(10-17(18)22)23-19(25)12-4-6-15-16(9-12)21(27)24(20(15)26)11-14-3-2-8-29-14;/h4-7,9-10,14H,2-3,8,11,22H2,1H3,(H,23,25);1H.